The molecule has 2 heterocycles. The van der Waals surface area contributed by atoms with E-state index in [0.717, 1.165) is 37.0 Å². The number of benzene rings is 2. The van der Waals surface area contributed by atoms with Crippen LogP contribution in [-0.2, 0) is 16.1 Å². The molecule has 4 rings (SSSR count). The summed E-state index contributed by atoms with van der Waals surface area (Å²) in [6.07, 6.45) is 2.95. The van der Waals surface area contributed by atoms with Crippen LogP contribution in [0.5, 0.6) is 0 Å². The van der Waals surface area contributed by atoms with Gasteiger partial charge in [-0.3, -0.25) is 9.36 Å². The van der Waals surface area contributed by atoms with Crippen LogP contribution in [0.1, 0.15) is 44.7 Å². The van der Waals surface area contributed by atoms with Crippen molar-refractivity contribution in [2.24, 2.45) is 5.92 Å². The third kappa shape index (κ3) is 6.45. The van der Waals surface area contributed by atoms with Crippen LogP contribution >= 0.6 is 11.8 Å². The summed E-state index contributed by atoms with van der Waals surface area (Å²) in [5.41, 5.74) is 1.89. The minimum Gasteiger partial charge on any atom is -0.376 e. The van der Waals surface area contributed by atoms with Crippen LogP contribution in [0.4, 0.5) is 4.39 Å². The van der Waals surface area contributed by atoms with Crippen molar-refractivity contribution in [1.82, 2.24) is 20.1 Å². The summed E-state index contributed by atoms with van der Waals surface area (Å²) >= 11 is 1.36. The summed E-state index contributed by atoms with van der Waals surface area (Å²) in [7, 11) is 0. The quantitative estimate of drug-likeness (QED) is 0.399. The molecular weight excluding hydrogens is 451 g/mol. The molecule has 1 fully saturated rings. The Kier molecular flexibility index (Phi) is 8.34. The van der Waals surface area contributed by atoms with Crippen molar-refractivity contribution in [3.8, 4) is 11.4 Å². The van der Waals surface area contributed by atoms with E-state index in [0.29, 0.717) is 23.4 Å². The van der Waals surface area contributed by atoms with Crippen molar-refractivity contribution in [1.29, 1.82) is 0 Å². The fraction of sp³-hybridized carbons (Fsp3) is 0.423. The van der Waals surface area contributed by atoms with Gasteiger partial charge in [0.15, 0.2) is 11.0 Å². The van der Waals surface area contributed by atoms with Crippen molar-refractivity contribution in [3.63, 3.8) is 0 Å². The normalized spacial score (nSPS) is 16.6. The van der Waals surface area contributed by atoms with Crippen molar-refractivity contribution in [2.45, 2.75) is 57.0 Å². The van der Waals surface area contributed by atoms with Crippen molar-refractivity contribution in [2.75, 3.05) is 12.4 Å². The number of carbonyl (C=O) groups excluding carboxylic acids is 1. The molecule has 0 bridgehead atoms. The molecule has 1 saturated heterocycles. The maximum absolute atomic E-state index is 13.4. The van der Waals surface area contributed by atoms with E-state index >= 15 is 0 Å². The summed E-state index contributed by atoms with van der Waals surface area (Å²) in [6, 6.07) is 16.3. The van der Waals surface area contributed by atoms with E-state index in [-0.39, 0.29) is 29.6 Å². The lowest BCUT2D eigenvalue weighted by Crippen LogP contribution is -2.31. The van der Waals surface area contributed by atoms with Gasteiger partial charge in [-0.2, -0.15) is 0 Å². The number of nitrogens with zero attached hydrogens (tertiary/aromatic N) is 3. The molecule has 1 amide bonds. The van der Waals surface area contributed by atoms with E-state index in [1.165, 1.54) is 23.9 Å². The van der Waals surface area contributed by atoms with Crippen LogP contribution in [-0.4, -0.2) is 39.1 Å². The molecule has 0 radical (unpaired) electrons. The second-order valence-electron chi connectivity index (χ2n) is 9.01. The molecule has 34 heavy (non-hydrogen) atoms. The number of rotatable bonds is 10. The summed E-state index contributed by atoms with van der Waals surface area (Å²) in [6.45, 7) is 5.66. The highest BCUT2D eigenvalue weighted by Gasteiger charge is 2.23. The zero-order valence-corrected chi connectivity index (χ0v) is 20.4. The van der Waals surface area contributed by atoms with E-state index in [4.69, 9.17) is 4.74 Å². The first-order chi connectivity index (χ1) is 16.5. The van der Waals surface area contributed by atoms with Gasteiger partial charge in [-0.1, -0.05) is 55.9 Å². The minimum atomic E-state index is -0.297. The lowest BCUT2D eigenvalue weighted by Gasteiger charge is -2.21. The Morgan fingerprint density at radius 1 is 1.18 bits per heavy atom. The van der Waals surface area contributed by atoms with Crippen LogP contribution in [0.25, 0.3) is 11.4 Å². The maximum Gasteiger partial charge on any atom is 0.230 e. The second kappa shape index (κ2) is 11.6. The van der Waals surface area contributed by atoms with Crippen LogP contribution in [0.3, 0.4) is 0 Å². The molecule has 1 aliphatic heterocycles. The first-order valence-corrected chi connectivity index (χ1v) is 12.8. The Labute approximate surface area is 204 Å². The number of halogens is 1. The van der Waals surface area contributed by atoms with Gasteiger partial charge in [0.2, 0.25) is 5.91 Å². The number of hydrogen-bond donors (Lipinski definition) is 1. The predicted octanol–water partition coefficient (Wildman–Crippen LogP) is 5.26. The smallest absolute Gasteiger partial charge is 0.230 e. The lowest BCUT2D eigenvalue weighted by molar-refractivity contribution is -0.119. The topological polar surface area (TPSA) is 69.0 Å². The molecule has 6 nitrogen and oxygen atoms in total. The number of amides is 1. The molecule has 0 unspecified atom stereocenters. The Balaban J connectivity index is 1.47. The van der Waals surface area contributed by atoms with Gasteiger partial charge in [-0.25, -0.2) is 4.39 Å². The number of hydrogen-bond acceptors (Lipinski definition) is 5. The fourth-order valence-electron chi connectivity index (χ4n) is 4.17. The average molecular weight is 483 g/mol. The molecule has 180 valence electrons. The molecule has 2 aromatic carbocycles. The zero-order chi connectivity index (χ0) is 23.9. The van der Waals surface area contributed by atoms with Crippen molar-refractivity contribution < 1.29 is 13.9 Å². The standard InChI is InChI=1S/C26H31FN4O2S/c1-18(2)15-23(19-7-4-3-5-8-19)28-24(32)17-34-26-30-29-25(20-10-12-21(27)13-11-20)31(26)16-22-9-6-14-33-22/h3-5,7-8,10-13,18,22-23H,6,9,14-17H2,1-2H3,(H,28,32)/t22-,23+/m1/s1. The molecule has 0 saturated carbocycles. The van der Waals surface area contributed by atoms with Gasteiger partial charge in [-0.15, -0.1) is 10.2 Å². The highest BCUT2D eigenvalue weighted by atomic mass is 32.2. The first-order valence-electron chi connectivity index (χ1n) is 11.8. The van der Waals surface area contributed by atoms with E-state index in [9.17, 15) is 9.18 Å². The van der Waals surface area contributed by atoms with Crippen molar-refractivity contribution >= 4 is 17.7 Å². The highest BCUT2D eigenvalue weighted by molar-refractivity contribution is 7.99. The third-order valence-electron chi connectivity index (χ3n) is 5.81. The monoisotopic (exact) mass is 482 g/mol. The molecule has 2 atom stereocenters. The molecule has 0 aliphatic carbocycles. The summed E-state index contributed by atoms with van der Waals surface area (Å²) < 4.78 is 21.3. The Morgan fingerprint density at radius 2 is 1.94 bits per heavy atom. The zero-order valence-electron chi connectivity index (χ0n) is 19.6. The number of thioether (sulfide) groups is 1. The van der Waals surface area contributed by atoms with Crippen LogP contribution in [0.2, 0.25) is 0 Å². The molecular formula is C26H31FN4O2S. The van der Waals surface area contributed by atoms with Crippen LogP contribution in [0.15, 0.2) is 59.8 Å². The summed E-state index contributed by atoms with van der Waals surface area (Å²) in [4.78, 5) is 12.9. The van der Waals surface area contributed by atoms with Gasteiger partial charge in [-0.05, 0) is 55.0 Å². The third-order valence-corrected chi connectivity index (χ3v) is 6.77. The van der Waals surface area contributed by atoms with Gasteiger partial charge < -0.3 is 10.1 Å². The second-order valence-corrected chi connectivity index (χ2v) is 9.95. The Bertz CT molecular complexity index is 1070. The van der Waals surface area contributed by atoms with E-state index in [1.54, 1.807) is 12.1 Å². The predicted molar refractivity (Wildman–Crippen MR) is 132 cm³/mol. The van der Waals surface area contributed by atoms with Crippen molar-refractivity contribution in [3.05, 3.63) is 66.0 Å². The molecule has 8 heteroatoms. The minimum absolute atomic E-state index is 0.0335. The van der Waals surface area contributed by atoms with Gasteiger partial charge in [0, 0.05) is 12.2 Å². The van der Waals surface area contributed by atoms with Crippen LogP contribution < -0.4 is 5.32 Å². The largest absolute Gasteiger partial charge is 0.376 e. The fourth-order valence-corrected chi connectivity index (χ4v) is 4.92. The molecule has 1 aliphatic rings. The SMILES string of the molecule is CC(C)C[C@H](NC(=O)CSc1nnc(-c2ccc(F)cc2)n1C[C@H]1CCCO1)c1ccccc1. The molecule has 3 aromatic rings. The number of ether oxygens (including phenoxy) is 1. The van der Waals surface area contributed by atoms with E-state index in [1.807, 2.05) is 34.9 Å². The van der Waals surface area contributed by atoms with Crippen LogP contribution in [0, 0.1) is 11.7 Å². The molecule has 1 aromatic heterocycles. The van der Waals surface area contributed by atoms with E-state index < -0.39 is 0 Å². The highest BCUT2D eigenvalue weighted by Crippen LogP contribution is 2.27. The number of carbonyl (C=O) groups is 1. The molecule has 0 spiro atoms. The number of nitrogens with one attached hydrogen (secondary N) is 1. The first kappa shape index (κ1) is 24.4. The van der Waals surface area contributed by atoms with E-state index in [2.05, 4.69) is 29.4 Å². The number of aromatic nitrogens is 3. The lowest BCUT2D eigenvalue weighted by atomic mass is 9.97. The summed E-state index contributed by atoms with van der Waals surface area (Å²) in [5, 5.41) is 12.6. The van der Waals surface area contributed by atoms with Gasteiger partial charge in [0.25, 0.3) is 0 Å². The summed E-state index contributed by atoms with van der Waals surface area (Å²) in [5.74, 6) is 0.990. The Morgan fingerprint density at radius 3 is 2.62 bits per heavy atom. The van der Waals surface area contributed by atoms with Gasteiger partial charge >= 0.3 is 0 Å². The average Bonchev–Trinajstić information content (AvgIpc) is 3.49. The Hall–Kier alpha value is -2.71. The maximum atomic E-state index is 13.4. The van der Waals surface area contributed by atoms with Gasteiger partial charge in [0.05, 0.1) is 24.4 Å². The molecule has 1 N–H and O–H groups in total. The van der Waals surface area contributed by atoms with Gasteiger partial charge in [0.1, 0.15) is 5.82 Å².